The van der Waals surface area contributed by atoms with Crippen LogP contribution in [0.1, 0.15) is 25.3 Å². The third-order valence-corrected chi connectivity index (χ3v) is 3.42. The molecule has 90 valence electrons. The number of hydrogen-bond donors (Lipinski definition) is 0. The Balaban J connectivity index is 2.27. The van der Waals surface area contributed by atoms with Crippen LogP contribution >= 0.6 is 23.2 Å². The van der Waals surface area contributed by atoms with Gasteiger partial charge in [-0.1, -0.05) is 29.3 Å². The van der Waals surface area contributed by atoms with Crippen LogP contribution in [0.2, 0.25) is 10.0 Å². The first-order chi connectivity index (χ1) is 8.20. The van der Waals surface area contributed by atoms with Gasteiger partial charge < -0.3 is 4.74 Å². The van der Waals surface area contributed by atoms with Gasteiger partial charge in [-0.3, -0.25) is 0 Å². The van der Waals surface area contributed by atoms with Crippen molar-refractivity contribution >= 4 is 28.8 Å². The maximum Gasteiger partial charge on any atom is 0.115 e. The molecule has 1 aromatic rings. The maximum absolute atomic E-state index is 6.03. The molecule has 1 aliphatic carbocycles. The Morgan fingerprint density at radius 3 is 2.76 bits per heavy atom. The number of rotatable bonds is 3. The van der Waals surface area contributed by atoms with E-state index < -0.39 is 0 Å². The lowest BCUT2D eigenvalue weighted by Gasteiger charge is -2.14. The van der Waals surface area contributed by atoms with Crippen molar-refractivity contribution in [3.8, 4) is 0 Å². The van der Waals surface area contributed by atoms with E-state index in [0.717, 1.165) is 24.2 Å². The van der Waals surface area contributed by atoms with E-state index in [0.29, 0.717) is 16.7 Å². The van der Waals surface area contributed by atoms with E-state index in [4.69, 9.17) is 27.9 Å². The molecule has 2 rings (SSSR count). The zero-order chi connectivity index (χ0) is 12.3. The van der Waals surface area contributed by atoms with Crippen LogP contribution in [0.5, 0.6) is 0 Å². The molecule has 1 aliphatic rings. The second-order valence-corrected chi connectivity index (χ2v) is 4.69. The molecule has 1 aromatic carbocycles. The summed E-state index contributed by atoms with van der Waals surface area (Å²) in [6.07, 6.45) is 6.20. The zero-order valence-electron chi connectivity index (χ0n) is 9.67. The molecule has 0 heterocycles. The second-order valence-electron chi connectivity index (χ2n) is 3.88. The van der Waals surface area contributed by atoms with Crippen LogP contribution in [0.3, 0.4) is 0 Å². The molecule has 0 radical (unpaired) electrons. The van der Waals surface area contributed by atoms with Crippen LogP contribution < -0.4 is 0 Å². The molecular weight excluding hydrogens is 255 g/mol. The van der Waals surface area contributed by atoms with Gasteiger partial charge in [-0.05, 0) is 55.2 Å². The summed E-state index contributed by atoms with van der Waals surface area (Å²) < 4.78 is 5.51. The highest BCUT2D eigenvalue weighted by Crippen LogP contribution is 2.31. The standard InChI is InChI=1S/C14H14Cl2O/c1-2-17-12-5-3-4-10(8-12)11-6-7-13(15)14(16)9-11/h5-9H,2-4H2,1H3. The number of ether oxygens (including phenoxy) is 1. The monoisotopic (exact) mass is 268 g/mol. The summed E-state index contributed by atoms with van der Waals surface area (Å²) in [5, 5.41) is 1.19. The second kappa shape index (κ2) is 5.61. The molecule has 0 bridgehead atoms. The van der Waals surface area contributed by atoms with Crippen LogP contribution in [0, 0.1) is 0 Å². The van der Waals surface area contributed by atoms with Gasteiger partial charge in [-0.2, -0.15) is 0 Å². The van der Waals surface area contributed by atoms with Gasteiger partial charge in [0, 0.05) is 0 Å². The summed E-state index contributed by atoms with van der Waals surface area (Å²) in [5.41, 5.74) is 2.36. The van der Waals surface area contributed by atoms with Crippen LogP contribution in [0.15, 0.2) is 36.1 Å². The fourth-order valence-corrected chi connectivity index (χ4v) is 2.16. The molecule has 0 amide bonds. The van der Waals surface area contributed by atoms with Crippen molar-refractivity contribution in [2.75, 3.05) is 6.61 Å². The van der Waals surface area contributed by atoms with Gasteiger partial charge >= 0.3 is 0 Å². The van der Waals surface area contributed by atoms with Crippen LogP contribution in [-0.2, 0) is 4.74 Å². The normalized spacial score (nSPS) is 15.2. The summed E-state index contributed by atoms with van der Waals surface area (Å²) in [4.78, 5) is 0. The number of benzene rings is 1. The van der Waals surface area contributed by atoms with Crippen molar-refractivity contribution in [3.63, 3.8) is 0 Å². The van der Waals surface area contributed by atoms with E-state index in [9.17, 15) is 0 Å². The molecule has 17 heavy (non-hydrogen) atoms. The molecule has 0 atom stereocenters. The van der Waals surface area contributed by atoms with Gasteiger partial charge in [0.2, 0.25) is 0 Å². The maximum atomic E-state index is 6.03. The highest BCUT2D eigenvalue weighted by Gasteiger charge is 2.09. The number of allylic oxidation sites excluding steroid dienone is 3. The Labute approximate surface area is 112 Å². The molecule has 0 aliphatic heterocycles. The van der Waals surface area contributed by atoms with Crippen molar-refractivity contribution < 1.29 is 4.74 Å². The number of hydrogen-bond acceptors (Lipinski definition) is 1. The lowest BCUT2D eigenvalue weighted by Crippen LogP contribution is -1.96. The first-order valence-corrected chi connectivity index (χ1v) is 6.45. The van der Waals surface area contributed by atoms with Gasteiger partial charge in [-0.15, -0.1) is 0 Å². The Morgan fingerprint density at radius 1 is 1.24 bits per heavy atom. The lowest BCUT2D eigenvalue weighted by molar-refractivity contribution is 0.240. The van der Waals surface area contributed by atoms with Crippen molar-refractivity contribution in [2.24, 2.45) is 0 Å². The van der Waals surface area contributed by atoms with E-state index in [1.54, 1.807) is 0 Å². The summed E-state index contributed by atoms with van der Waals surface area (Å²) in [6.45, 7) is 2.68. The Morgan fingerprint density at radius 2 is 2.06 bits per heavy atom. The molecule has 0 unspecified atom stereocenters. The molecule has 0 fully saturated rings. The number of halogens is 2. The average Bonchev–Trinajstić information content (AvgIpc) is 2.33. The van der Waals surface area contributed by atoms with Crippen molar-refractivity contribution in [3.05, 3.63) is 51.7 Å². The Kier molecular flexibility index (Phi) is 4.14. The third kappa shape index (κ3) is 3.05. The minimum Gasteiger partial charge on any atom is -0.494 e. The molecule has 0 N–H and O–H groups in total. The van der Waals surface area contributed by atoms with Crippen molar-refractivity contribution in [1.29, 1.82) is 0 Å². The predicted molar refractivity (Wildman–Crippen MR) is 73.4 cm³/mol. The Hall–Kier alpha value is -0.920. The van der Waals surface area contributed by atoms with E-state index in [1.807, 2.05) is 25.1 Å². The third-order valence-electron chi connectivity index (χ3n) is 2.68. The van der Waals surface area contributed by atoms with E-state index in [-0.39, 0.29) is 0 Å². The van der Waals surface area contributed by atoms with Gasteiger partial charge in [0.1, 0.15) is 5.76 Å². The molecule has 0 aromatic heterocycles. The van der Waals surface area contributed by atoms with Crippen molar-refractivity contribution in [1.82, 2.24) is 0 Å². The highest BCUT2D eigenvalue weighted by molar-refractivity contribution is 6.42. The lowest BCUT2D eigenvalue weighted by atomic mass is 9.97. The van der Waals surface area contributed by atoms with Gasteiger partial charge in [0.25, 0.3) is 0 Å². The van der Waals surface area contributed by atoms with Crippen LogP contribution in [0.25, 0.3) is 5.57 Å². The molecule has 0 saturated heterocycles. The van der Waals surface area contributed by atoms with Gasteiger partial charge in [0.15, 0.2) is 0 Å². The molecule has 0 spiro atoms. The smallest absolute Gasteiger partial charge is 0.115 e. The van der Waals surface area contributed by atoms with E-state index >= 15 is 0 Å². The summed E-state index contributed by atoms with van der Waals surface area (Å²) >= 11 is 11.9. The van der Waals surface area contributed by atoms with E-state index in [2.05, 4.69) is 12.2 Å². The van der Waals surface area contributed by atoms with E-state index in [1.165, 1.54) is 5.57 Å². The van der Waals surface area contributed by atoms with Gasteiger partial charge in [0.05, 0.1) is 16.7 Å². The fourth-order valence-electron chi connectivity index (χ4n) is 1.86. The van der Waals surface area contributed by atoms with Gasteiger partial charge in [-0.25, -0.2) is 0 Å². The minimum atomic E-state index is 0.590. The largest absolute Gasteiger partial charge is 0.494 e. The first kappa shape index (κ1) is 12.5. The van der Waals surface area contributed by atoms with Crippen molar-refractivity contribution in [2.45, 2.75) is 19.8 Å². The molecule has 1 nitrogen and oxygen atoms in total. The summed E-state index contributed by atoms with van der Waals surface area (Å²) in [7, 11) is 0. The Bertz CT molecular complexity index is 475. The SMILES string of the molecule is CCOC1=CCCC(c2ccc(Cl)c(Cl)c2)=C1. The summed E-state index contributed by atoms with van der Waals surface area (Å²) in [5.74, 6) is 0.944. The zero-order valence-corrected chi connectivity index (χ0v) is 11.2. The van der Waals surface area contributed by atoms with Crippen LogP contribution in [-0.4, -0.2) is 6.61 Å². The fraction of sp³-hybridized carbons (Fsp3) is 0.286. The minimum absolute atomic E-state index is 0.590. The topological polar surface area (TPSA) is 9.23 Å². The van der Waals surface area contributed by atoms with Crippen LogP contribution in [0.4, 0.5) is 0 Å². The summed E-state index contributed by atoms with van der Waals surface area (Å²) in [6, 6.07) is 5.73. The molecule has 3 heteroatoms. The average molecular weight is 269 g/mol. The first-order valence-electron chi connectivity index (χ1n) is 5.69. The molecular formula is C14H14Cl2O. The highest BCUT2D eigenvalue weighted by atomic mass is 35.5. The quantitative estimate of drug-likeness (QED) is 0.742. The molecule has 0 saturated carbocycles. The predicted octanol–water partition coefficient (Wildman–Crippen LogP) is 5.09.